The van der Waals surface area contributed by atoms with Crippen molar-refractivity contribution in [2.45, 2.75) is 31.4 Å². The number of thioether (sulfide) groups is 1. The van der Waals surface area contributed by atoms with E-state index in [2.05, 4.69) is 10.3 Å². The highest BCUT2D eigenvalue weighted by Crippen LogP contribution is 2.26. The highest BCUT2D eigenvalue weighted by molar-refractivity contribution is 7.99. The first kappa shape index (κ1) is 15.6. The second-order valence-electron chi connectivity index (χ2n) is 5.56. The van der Waals surface area contributed by atoms with E-state index in [4.69, 9.17) is 4.42 Å². The molecule has 0 aliphatic rings. The Morgan fingerprint density at radius 3 is 2.71 bits per heavy atom. The molecule has 1 heterocycles. The maximum Gasteiger partial charge on any atom is 0.256 e. The maximum absolute atomic E-state index is 13.4. The molecule has 112 valence electrons. The van der Waals surface area contributed by atoms with Gasteiger partial charge in [0.2, 0.25) is 5.91 Å². The van der Waals surface area contributed by atoms with E-state index in [1.807, 2.05) is 20.8 Å². The zero-order valence-corrected chi connectivity index (χ0v) is 13.0. The molecule has 1 amide bonds. The predicted molar refractivity (Wildman–Crippen MR) is 81.0 cm³/mol. The summed E-state index contributed by atoms with van der Waals surface area (Å²) in [5.41, 5.74) is 0.0483. The molecule has 1 aromatic heterocycles. The largest absolute Gasteiger partial charge is 0.436 e. The van der Waals surface area contributed by atoms with Crippen molar-refractivity contribution in [2.75, 3.05) is 11.1 Å². The predicted octanol–water partition coefficient (Wildman–Crippen LogP) is 3.84. The zero-order chi connectivity index (χ0) is 15.5. The van der Waals surface area contributed by atoms with Crippen LogP contribution in [0, 0.1) is 5.82 Å². The number of benzene rings is 1. The third-order valence-corrected chi connectivity index (χ3v) is 3.54. The Kier molecular flexibility index (Phi) is 4.67. The number of rotatable bonds is 4. The molecule has 4 nitrogen and oxygen atoms in total. The molecule has 1 N–H and O–H groups in total. The van der Waals surface area contributed by atoms with Crippen molar-refractivity contribution >= 4 is 23.4 Å². The number of nitrogens with zero attached hydrogens (tertiary/aromatic N) is 1. The van der Waals surface area contributed by atoms with Gasteiger partial charge in [-0.1, -0.05) is 44.7 Å². The van der Waals surface area contributed by atoms with Gasteiger partial charge in [-0.3, -0.25) is 4.79 Å². The van der Waals surface area contributed by atoms with Crippen molar-refractivity contribution in [3.05, 3.63) is 42.0 Å². The molecule has 0 radical (unpaired) electrons. The SMILES string of the molecule is CC(C)(C)c1cnc(SCC(=O)Nc2ccccc2F)o1. The van der Waals surface area contributed by atoms with Crippen LogP contribution in [-0.4, -0.2) is 16.6 Å². The van der Waals surface area contributed by atoms with Crippen LogP contribution in [0.1, 0.15) is 26.5 Å². The number of carbonyl (C=O) groups is 1. The van der Waals surface area contributed by atoms with E-state index in [0.29, 0.717) is 5.22 Å². The first-order valence-corrected chi connectivity index (χ1v) is 7.48. The fraction of sp³-hybridized carbons (Fsp3) is 0.333. The summed E-state index contributed by atoms with van der Waals surface area (Å²) in [4.78, 5) is 15.9. The van der Waals surface area contributed by atoms with Crippen LogP contribution in [-0.2, 0) is 10.2 Å². The van der Waals surface area contributed by atoms with E-state index in [9.17, 15) is 9.18 Å². The number of anilines is 1. The fourth-order valence-electron chi connectivity index (χ4n) is 1.55. The highest BCUT2D eigenvalue weighted by Gasteiger charge is 2.19. The summed E-state index contributed by atoms with van der Waals surface area (Å²) >= 11 is 1.18. The number of para-hydroxylation sites is 1. The van der Waals surface area contributed by atoms with Crippen molar-refractivity contribution in [3.8, 4) is 0 Å². The van der Waals surface area contributed by atoms with Crippen LogP contribution in [0.5, 0.6) is 0 Å². The molecular formula is C15H17FN2O2S. The summed E-state index contributed by atoms with van der Waals surface area (Å²) in [6, 6.07) is 6.04. The normalized spacial score (nSPS) is 11.4. The number of aromatic nitrogens is 1. The summed E-state index contributed by atoms with van der Waals surface area (Å²) in [6.07, 6.45) is 1.66. The third kappa shape index (κ3) is 4.32. The van der Waals surface area contributed by atoms with Gasteiger partial charge < -0.3 is 9.73 Å². The Morgan fingerprint density at radius 2 is 2.10 bits per heavy atom. The zero-order valence-electron chi connectivity index (χ0n) is 12.1. The smallest absolute Gasteiger partial charge is 0.256 e. The number of halogens is 1. The Morgan fingerprint density at radius 1 is 1.38 bits per heavy atom. The van der Waals surface area contributed by atoms with E-state index in [1.165, 1.54) is 23.9 Å². The lowest BCUT2D eigenvalue weighted by Gasteiger charge is -2.12. The van der Waals surface area contributed by atoms with Gasteiger partial charge in [0.1, 0.15) is 11.6 Å². The van der Waals surface area contributed by atoms with Gasteiger partial charge in [-0.2, -0.15) is 0 Å². The molecule has 0 bridgehead atoms. The van der Waals surface area contributed by atoms with Gasteiger partial charge in [0.05, 0.1) is 17.6 Å². The summed E-state index contributed by atoms with van der Waals surface area (Å²) < 4.78 is 19.0. The van der Waals surface area contributed by atoms with Crippen molar-refractivity contribution in [1.82, 2.24) is 4.98 Å². The molecule has 0 unspecified atom stereocenters. The molecule has 0 atom stereocenters. The number of amides is 1. The highest BCUT2D eigenvalue weighted by atomic mass is 32.2. The van der Waals surface area contributed by atoms with Crippen LogP contribution in [0.2, 0.25) is 0 Å². The Bertz CT molecular complexity index is 635. The summed E-state index contributed by atoms with van der Waals surface area (Å²) in [6.45, 7) is 6.06. The van der Waals surface area contributed by atoms with Gasteiger partial charge in [0, 0.05) is 5.41 Å². The molecule has 0 aliphatic heterocycles. The molecule has 0 aliphatic carbocycles. The Hall–Kier alpha value is -1.82. The third-order valence-electron chi connectivity index (χ3n) is 2.70. The quantitative estimate of drug-likeness (QED) is 0.872. The lowest BCUT2D eigenvalue weighted by Crippen LogP contribution is -2.14. The second kappa shape index (κ2) is 6.30. The average molecular weight is 308 g/mol. The molecule has 21 heavy (non-hydrogen) atoms. The molecule has 6 heteroatoms. The minimum absolute atomic E-state index is 0.110. The summed E-state index contributed by atoms with van der Waals surface area (Å²) in [5.74, 6) is 0.112. The number of nitrogens with one attached hydrogen (secondary N) is 1. The average Bonchev–Trinajstić information content (AvgIpc) is 2.88. The van der Waals surface area contributed by atoms with Gasteiger partial charge >= 0.3 is 0 Å². The monoisotopic (exact) mass is 308 g/mol. The van der Waals surface area contributed by atoms with Crippen LogP contribution in [0.25, 0.3) is 0 Å². The fourth-order valence-corrected chi connectivity index (χ4v) is 2.15. The van der Waals surface area contributed by atoms with Gasteiger partial charge in [-0.05, 0) is 12.1 Å². The Balaban J connectivity index is 1.90. The second-order valence-corrected chi connectivity index (χ2v) is 6.48. The van der Waals surface area contributed by atoms with Gasteiger partial charge in [-0.15, -0.1) is 0 Å². The van der Waals surface area contributed by atoms with E-state index in [0.717, 1.165) is 5.76 Å². The maximum atomic E-state index is 13.4. The summed E-state index contributed by atoms with van der Waals surface area (Å²) in [7, 11) is 0. The standard InChI is InChI=1S/C15H17FN2O2S/c1-15(2,3)12-8-17-14(20-12)21-9-13(19)18-11-7-5-4-6-10(11)16/h4-8H,9H2,1-3H3,(H,18,19). The van der Waals surface area contributed by atoms with Crippen molar-refractivity contribution in [3.63, 3.8) is 0 Å². The Labute approximate surface area is 127 Å². The minimum Gasteiger partial charge on any atom is -0.436 e. The molecule has 2 aromatic rings. The minimum atomic E-state index is -0.456. The van der Waals surface area contributed by atoms with Crippen molar-refractivity contribution in [1.29, 1.82) is 0 Å². The number of hydrogen-bond donors (Lipinski definition) is 1. The molecule has 0 fully saturated rings. The summed E-state index contributed by atoms with van der Waals surface area (Å²) in [5, 5.41) is 2.95. The van der Waals surface area contributed by atoms with Crippen molar-refractivity contribution < 1.29 is 13.6 Å². The van der Waals surface area contributed by atoms with E-state index < -0.39 is 5.82 Å². The first-order valence-electron chi connectivity index (χ1n) is 6.50. The van der Waals surface area contributed by atoms with Crippen LogP contribution in [0.15, 0.2) is 40.1 Å². The van der Waals surface area contributed by atoms with E-state index in [1.54, 1.807) is 18.3 Å². The number of carbonyl (C=O) groups excluding carboxylic acids is 1. The van der Waals surface area contributed by atoms with Gasteiger partial charge in [-0.25, -0.2) is 9.37 Å². The van der Waals surface area contributed by atoms with Crippen LogP contribution >= 0.6 is 11.8 Å². The topological polar surface area (TPSA) is 55.1 Å². The molecule has 2 rings (SSSR count). The number of hydrogen-bond acceptors (Lipinski definition) is 4. The molecule has 1 aromatic carbocycles. The van der Waals surface area contributed by atoms with Crippen LogP contribution in [0.4, 0.5) is 10.1 Å². The first-order chi connectivity index (χ1) is 9.86. The van der Waals surface area contributed by atoms with Crippen LogP contribution < -0.4 is 5.32 Å². The van der Waals surface area contributed by atoms with E-state index >= 15 is 0 Å². The van der Waals surface area contributed by atoms with E-state index in [-0.39, 0.29) is 22.8 Å². The lowest BCUT2D eigenvalue weighted by molar-refractivity contribution is -0.113. The lowest BCUT2D eigenvalue weighted by atomic mass is 9.94. The van der Waals surface area contributed by atoms with Crippen molar-refractivity contribution in [2.24, 2.45) is 0 Å². The van der Waals surface area contributed by atoms with Gasteiger partial charge in [0.15, 0.2) is 0 Å². The van der Waals surface area contributed by atoms with Gasteiger partial charge in [0.25, 0.3) is 5.22 Å². The molecule has 0 saturated heterocycles. The molecule has 0 spiro atoms. The number of oxazole rings is 1. The molecular weight excluding hydrogens is 291 g/mol. The molecule has 0 saturated carbocycles. The van der Waals surface area contributed by atoms with Crippen LogP contribution in [0.3, 0.4) is 0 Å².